The van der Waals surface area contributed by atoms with Gasteiger partial charge in [-0.2, -0.15) is 0 Å². The number of aliphatic hydroxyl groups excluding tert-OH is 2. The Bertz CT molecular complexity index is 1240. The molecule has 0 aromatic carbocycles. The van der Waals surface area contributed by atoms with Crippen LogP contribution in [0.4, 0.5) is 0 Å². The summed E-state index contributed by atoms with van der Waals surface area (Å²) in [5.74, 6) is -0.00453. The molecule has 2 atom stereocenters. The van der Waals surface area contributed by atoms with Crippen LogP contribution in [-0.4, -0.2) is 47.4 Å². The highest BCUT2D eigenvalue weighted by atomic mass is 16.5. The maximum Gasteiger partial charge on any atom is 0.305 e. The number of hydrogen-bond donors (Lipinski definition) is 3. The summed E-state index contributed by atoms with van der Waals surface area (Å²) < 4.78 is 5.52. The number of rotatable bonds is 72. The zero-order chi connectivity index (χ0) is 59.2. The average molecular weight is 1160 g/mol. The average Bonchev–Trinajstić information content (AvgIpc) is 3.48. The van der Waals surface area contributed by atoms with E-state index < -0.39 is 12.1 Å². The van der Waals surface area contributed by atoms with Gasteiger partial charge in [-0.05, 0) is 51.4 Å². The largest absolute Gasteiger partial charge is 0.466 e. The zero-order valence-corrected chi connectivity index (χ0v) is 56.0. The Labute approximate surface area is 514 Å². The summed E-state index contributed by atoms with van der Waals surface area (Å²) in [6.07, 6.45) is 90.1. The van der Waals surface area contributed by atoms with Crippen molar-refractivity contribution in [3.63, 3.8) is 0 Å². The van der Waals surface area contributed by atoms with Crippen molar-refractivity contribution in [3.8, 4) is 0 Å². The summed E-state index contributed by atoms with van der Waals surface area (Å²) >= 11 is 0. The van der Waals surface area contributed by atoms with E-state index in [4.69, 9.17) is 4.74 Å². The molecule has 0 aromatic rings. The first-order valence-electron chi connectivity index (χ1n) is 37.9. The van der Waals surface area contributed by atoms with Crippen LogP contribution in [0.1, 0.15) is 438 Å². The third kappa shape index (κ3) is 67.7. The molecule has 0 radical (unpaired) electrons. The molecule has 82 heavy (non-hydrogen) atoms. The van der Waals surface area contributed by atoms with Crippen molar-refractivity contribution >= 4 is 11.9 Å². The Kier molecular flexibility index (Phi) is 70.8. The maximum absolute atomic E-state index is 12.5. The van der Waals surface area contributed by atoms with E-state index in [-0.39, 0.29) is 18.5 Å². The first-order chi connectivity index (χ1) is 40.5. The Morgan fingerprint density at radius 3 is 0.866 bits per heavy atom. The van der Waals surface area contributed by atoms with Gasteiger partial charge in [0.15, 0.2) is 0 Å². The molecule has 2 unspecified atom stereocenters. The number of hydrogen-bond acceptors (Lipinski definition) is 5. The van der Waals surface area contributed by atoms with Crippen LogP contribution in [0, 0.1) is 0 Å². The topological polar surface area (TPSA) is 95.9 Å². The van der Waals surface area contributed by atoms with E-state index in [0.717, 1.165) is 38.5 Å². The molecule has 0 aliphatic heterocycles. The molecule has 0 aromatic heterocycles. The van der Waals surface area contributed by atoms with Gasteiger partial charge in [-0.1, -0.05) is 386 Å². The van der Waals surface area contributed by atoms with Gasteiger partial charge in [0, 0.05) is 12.8 Å². The fourth-order valence-corrected chi connectivity index (χ4v) is 12.3. The van der Waals surface area contributed by atoms with E-state index in [2.05, 4.69) is 31.3 Å². The first kappa shape index (κ1) is 80.6. The predicted octanol–water partition coefficient (Wildman–Crippen LogP) is 24.7. The Morgan fingerprint density at radius 1 is 0.329 bits per heavy atom. The van der Waals surface area contributed by atoms with E-state index in [1.54, 1.807) is 0 Å². The highest BCUT2D eigenvalue weighted by Gasteiger charge is 2.20. The molecule has 6 nitrogen and oxygen atoms in total. The van der Waals surface area contributed by atoms with Crippen molar-refractivity contribution in [3.05, 3.63) is 12.2 Å². The number of amides is 1. The Hall–Kier alpha value is -1.40. The van der Waals surface area contributed by atoms with Crippen LogP contribution in [0.15, 0.2) is 12.2 Å². The molecule has 3 N–H and O–H groups in total. The van der Waals surface area contributed by atoms with E-state index in [1.165, 1.54) is 366 Å². The van der Waals surface area contributed by atoms with Crippen LogP contribution in [0.25, 0.3) is 0 Å². The number of carbonyl (C=O) groups is 2. The van der Waals surface area contributed by atoms with Gasteiger partial charge in [0.05, 0.1) is 25.4 Å². The van der Waals surface area contributed by atoms with Crippen LogP contribution in [-0.2, 0) is 14.3 Å². The molecule has 0 rings (SSSR count). The van der Waals surface area contributed by atoms with Crippen molar-refractivity contribution < 1.29 is 24.5 Å². The summed E-state index contributed by atoms with van der Waals surface area (Å²) in [6, 6.07) is -0.538. The number of esters is 1. The maximum atomic E-state index is 12.5. The number of allylic oxidation sites excluding steroid dienone is 2. The van der Waals surface area contributed by atoms with Crippen LogP contribution in [0.3, 0.4) is 0 Å². The molecule has 0 saturated carbocycles. The second-order valence-electron chi connectivity index (χ2n) is 26.3. The second-order valence-corrected chi connectivity index (χ2v) is 26.3. The standard InChI is InChI=1S/C76H149NO5/c1-3-5-7-9-11-13-15-17-18-19-35-39-42-46-50-54-58-62-66-70-76(81)82-71-67-63-59-55-51-47-43-40-37-34-32-30-28-26-24-22-20-21-23-25-27-29-31-33-36-38-41-45-49-53-57-61-65-69-75(80)77-73(72-78)74(79)68-64-60-56-52-48-44-16-14-12-10-8-6-4-2/h24,26,73-74,78-79H,3-23,25,27-72H2,1-2H3,(H,77,80)/b26-24-. The van der Waals surface area contributed by atoms with Crippen molar-refractivity contribution in [2.24, 2.45) is 0 Å². The second kappa shape index (κ2) is 72.1. The van der Waals surface area contributed by atoms with Crippen molar-refractivity contribution in [2.75, 3.05) is 13.2 Å². The number of ether oxygens (including phenoxy) is 1. The fraction of sp³-hybridized carbons (Fsp3) is 0.947. The summed E-state index contributed by atoms with van der Waals surface area (Å²) in [5.41, 5.74) is 0. The molecule has 0 heterocycles. The summed E-state index contributed by atoms with van der Waals surface area (Å²) in [4.78, 5) is 24.6. The van der Waals surface area contributed by atoms with E-state index in [1.807, 2.05) is 0 Å². The third-order valence-electron chi connectivity index (χ3n) is 18.1. The van der Waals surface area contributed by atoms with Crippen LogP contribution < -0.4 is 5.32 Å². The minimum Gasteiger partial charge on any atom is -0.466 e. The quantitative estimate of drug-likeness (QED) is 0.0320. The highest BCUT2D eigenvalue weighted by Crippen LogP contribution is 2.20. The molecule has 488 valence electrons. The molecule has 0 spiro atoms. The van der Waals surface area contributed by atoms with Gasteiger partial charge in [0.1, 0.15) is 0 Å². The van der Waals surface area contributed by atoms with Crippen molar-refractivity contribution in [1.29, 1.82) is 0 Å². The lowest BCUT2D eigenvalue weighted by Gasteiger charge is -2.22. The lowest BCUT2D eigenvalue weighted by Crippen LogP contribution is -2.45. The summed E-state index contributed by atoms with van der Waals surface area (Å²) in [7, 11) is 0. The molecule has 0 fully saturated rings. The van der Waals surface area contributed by atoms with Crippen LogP contribution in [0.2, 0.25) is 0 Å². The Morgan fingerprint density at radius 2 is 0.573 bits per heavy atom. The summed E-state index contributed by atoms with van der Waals surface area (Å²) in [5, 5.41) is 23.3. The molecule has 0 saturated heterocycles. The zero-order valence-electron chi connectivity index (χ0n) is 56.0. The lowest BCUT2D eigenvalue weighted by atomic mass is 10.0. The molecular formula is C76H149NO5. The summed E-state index contributed by atoms with van der Waals surface area (Å²) in [6.45, 7) is 5.00. The van der Waals surface area contributed by atoms with Gasteiger partial charge in [-0.25, -0.2) is 0 Å². The van der Waals surface area contributed by atoms with Gasteiger partial charge < -0.3 is 20.3 Å². The molecule has 0 aliphatic rings. The first-order valence-corrected chi connectivity index (χ1v) is 37.9. The Balaban J connectivity index is 3.31. The van der Waals surface area contributed by atoms with Crippen LogP contribution in [0.5, 0.6) is 0 Å². The SMILES string of the molecule is CCCCCCCCCCCCCCCCCCCCCC(=O)OCCCCCCCCCCCCCC/C=C\CCCCCCCCCCCCCCCCCCCC(=O)NC(CO)C(O)CCCCCCCCCCCCCCC. The third-order valence-corrected chi connectivity index (χ3v) is 18.1. The molecule has 0 bridgehead atoms. The van der Waals surface area contributed by atoms with Crippen molar-refractivity contribution in [1.82, 2.24) is 5.32 Å². The van der Waals surface area contributed by atoms with Gasteiger partial charge in [-0.15, -0.1) is 0 Å². The van der Waals surface area contributed by atoms with Gasteiger partial charge in [-0.3, -0.25) is 9.59 Å². The monoisotopic (exact) mass is 1160 g/mol. The molecule has 6 heteroatoms. The van der Waals surface area contributed by atoms with E-state index >= 15 is 0 Å². The van der Waals surface area contributed by atoms with E-state index in [9.17, 15) is 19.8 Å². The minimum absolute atomic E-state index is 0.0246. The van der Waals surface area contributed by atoms with Crippen molar-refractivity contribution in [2.45, 2.75) is 450 Å². The van der Waals surface area contributed by atoms with E-state index in [0.29, 0.717) is 25.9 Å². The number of aliphatic hydroxyl groups is 2. The smallest absolute Gasteiger partial charge is 0.305 e. The number of unbranched alkanes of at least 4 members (excludes halogenated alkanes) is 59. The lowest BCUT2D eigenvalue weighted by molar-refractivity contribution is -0.143. The molecular weight excluding hydrogens is 1010 g/mol. The van der Waals surface area contributed by atoms with Crippen LogP contribution >= 0.6 is 0 Å². The fourth-order valence-electron chi connectivity index (χ4n) is 12.3. The van der Waals surface area contributed by atoms with Gasteiger partial charge in [0.2, 0.25) is 5.91 Å². The number of nitrogens with one attached hydrogen (secondary N) is 1. The minimum atomic E-state index is -0.661. The normalized spacial score (nSPS) is 12.5. The van der Waals surface area contributed by atoms with Gasteiger partial charge in [0.25, 0.3) is 0 Å². The molecule has 1 amide bonds. The highest BCUT2D eigenvalue weighted by molar-refractivity contribution is 5.76. The van der Waals surface area contributed by atoms with Gasteiger partial charge >= 0.3 is 5.97 Å². The molecule has 0 aliphatic carbocycles. The number of carbonyl (C=O) groups excluding carboxylic acids is 2. The predicted molar refractivity (Wildman–Crippen MR) is 361 cm³/mol.